The zero-order chi connectivity index (χ0) is 16.0. The van der Waals surface area contributed by atoms with Gasteiger partial charge in [-0.1, -0.05) is 0 Å². The van der Waals surface area contributed by atoms with E-state index in [1.807, 2.05) is 8.60 Å². The van der Waals surface area contributed by atoms with Gasteiger partial charge in [0.2, 0.25) is 0 Å². The van der Waals surface area contributed by atoms with Crippen molar-refractivity contribution in [1.29, 1.82) is 0 Å². The van der Waals surface area contributed by atoms with Crippen molar-refractivity contribution < 1.29 is 0 Å². The monoisotopic (exact) mass is 474 g/mol. The van der Waals surface area contributed by atoms with E-state index in [-0.39, 0.29) is 0 Å². The second-order valence-electron chi connectivity index (χ2n) is 7.36. The molecule has 0 N–H and O–H groups in total. The zero-order valence-electron chi connectivity index (χ0n) is 15.8. The van der Waals surface area contributed by atoms with Gasteiger partial charge < -0.3 is 0 Å². The van der Waals surface area contributed by atoms with Crippen LogP contribution in [0.5, 0.6) is 0 Å². The average molecular weight is 474 g/mol. The van der Waals surface area contributed by atoms with Gasteiger partial charge in [-0.25, -0.2) is 0 Å². The summed E-state index contributed by atoms with van der Waals surface area (Å²) in [5, 5.41) is 0. The summed E-state index contributed by atoms with van der Waals surface area (Å²) in [6.07, 6.45) is 3.92. The Labute approximate surface area is 134 Å². The maximum absolute atomic E-state index is 2.49. The SMILES string of the molecule is CCB(CC)/C(CC)=[C](/C(C)(C)C)[Pb]([CH2]C)([CH2]C)[CH2]C. The van der Waals surface area contributed by atoms with E-state index in [1.54, 1.807) is 0 Å². The van der Waals surface area contributed by atoms with Crippen LogP contribution in [0, 0.1) is 5.41 Å². The topological polar surface area (TPSA) is 0 Å². The standard InChI is InChI=1S/C12H24B.3C2H5.Pb/c1-7-11(10-12(4,5)6)13(8-2)9-3;3*1-2;/h7-9H2,1-6H3;3*1H2,2H3;. The molecule has 0 aliphatic carbocycles. The van der Waals surface area contributed by atoms with Crippen molar-refractivity contribution in [1.82, 2.24) is 0 Å². The van der Waals surface area contributed by atoms with Crippen LogP contribution in [-0.2, 0) is 0 Å². The van der Waals surface area contributed by atoms with Crippen molar-refractivity contribution >= 4 is 27.9 Å². The van der Waals surface area contributed by atoms with Gasteiger partial charge >= 0.3 is 135 Å². The summed E-state index contributed by atoms with van der Waals surface area (Å²) in [6.45, 7) is 22.9. The molecule has 0 aliphatic rings. The van der Waals surface area contributed by atoms with Crippen LogP contribution in [0.1, 0.15) is 68.7 Å². The molecule has 0 aromatic heterocycles. The molecule has 2 heteroatoms. The zero-order valence-corrected chi connectivity index (χ0v) is 19.7. The molecule has 0 aliphatic heterocycles. The predicted octanol–water partition coefficient (Wildman–Crippen LogP) is 6.86. The fourth-order valence-corrected chi connectivity index (χ4v) is 24.6. The summed E-state index contributed by atoms with van der Waals surface area (Å²) in [5.74, 6) is 0. The molecule has 0 heterocycles. The quantitative estimate of drug-likeness (QED) is 0.338. The van der Waals surface area contributed by atoms with Gasteiger partial charge in [-0.15, -0.1) is 0 Å². The van der Waals surface area contributed by atoms with E-state index < -0.39 is 21.2 Å². The molecule has 0 aromatic carbocycles. The molecule has 0 saturated carbocycles. The van der Waals surface area contributed by atoms with Crippen LogP contribution in [0.15, 0.2) is 8.60 Å². The van der Waals surface area contributed by atoms with Crippen molar-refractivity contribution in [2.24, 2.45) is 5.41 Å². The second-order valence-corrected chi connectivity index (χ2v) is 27.5. The van der Waals surface area contributed by atoms with E-state index >= 15 is 0 Å². The number of rotatable bonds is 8. The van der Waals surface area contributed by atoms with Crippen LogP contribution in [0.2, 0.25) is 24.6 Å². The van der Waals surface area contributed by atoms with Gasteiger partial charge in [0.1, 0.15) is 0 Å². The van der Waals surface area contributed by atoms with Gasteiger partial charge in [0.25, 0.3) is 0 Å². The third-order valence-corrected chi connectivity index (χ3v) is 29.6. The van der Waals surface area contributed by atoms with Crippen molar-refractivity contribution in [3.8, 4) is 0 Å². The fraction of sp³-hybridized carbons (Fsp3) is 0.889. The van der Waals surface area contributed by atoms with E-state index in [1.165, 1.54) is 31.0 Å². The van der Waals surface area contributed by atoms with Crippen molar-refractivity contribution in [3.63, 3.8) is 0 Å². The molecule has 0 rings (SSSR count). The maximum atomic E-state index is 2.49. The molecule has 0 spiro atoms. The Morgan fingerprint density at radius 3 is 1.40 bits per heavy atom. The molecule has 0 unspecified atom stereocenters. The first-order chi connectivity index (χ1) is 9.27. The Hall–Kier alpha value is 0.727. The van der Waals surface area contributed by atoms with Crippen molar-refractivity contribution in [3.05, 3.63) is 8.60 Å². The molecular formula is C18H39BPb. The number of hydrogen-bond acceptors (Lipinski definition) is 0. The molecule has 0 aromatic rings. The summed E-state index contributed by atoms with van der Waals surface area (Å²) in [5.41, 5.74) is 2.26. The third kappa shape index (κ3) is 4.61. The summed E-state index contributed by atoms with van der Waals surface area (Å²) in [4.78, 5) is 0. The second kappa shape index (κ2) is 9.00. The summed E-state index contributed by atoms with van der Waals surface area (Å²) < 4.78 is 6.50. The van der Waals surface area contributed by atoms with Crippen molar-refractivity contribution in [2.45, 2.75) is 93.3 Å². The molecule has 118 valence electrons. The third-order valence-electron chi connectivity index (χ3n) is 5.49. The van der Waals surface area contributed by atoms with E-state index in [9.17, 15) is 0 Å². The molecule has 0 bridgehead atoms. The first-order valence-corrected chi connectivity index (χ1v) is 19.2. The normalized spacial score (nSPS) is 14.2. The van der Waals surface area contributed by atoms with Crippen LogP contribution in [0.3, 0.4) is 0 Å². The van der Waals surface area contributed by atoms with Gasteiger partial charge in [0, 0.05) is 0 Å². The van der Waals surface area contributed by atoms with Crippen LogP contribution in [0.25, 0.3) is 0 Å². The summed E-state index contributed by atoms with van der Waals surface area (Å²) in [7, 11) is 0. The van der Waals surface area contributed by atoms with Gasteiger partial charge in [0.15, 0.2) is 0 Å². The Bertz CT molecular complexity index is 296. The first-order valence-electron chi connectivity index (χ1n) is 9.01. The van der Waals surface area contributed by atoms with E-state index in [0.29, 0.717) is 5.41 Å². The van der Waals surface area contributed by atoms with Crippen LogP contribution in [0.4, 0.5) is 0 Å². The minimum atomic E-state index is -2.30. The predicted molar refractivity (Wildman–Crippen MR) is 101 cm³/mol. The molecule has 0 atom stereocenters. The summed E-state index contributed by atoms with van der Waals surface area (Å²) >= 11 is -2.30. The number of allylic oxidation sites excluding steroid dienone is 2. The van der Waals surface area contributed by atoms with Gasteiger partial charge in [-0.3, -0.25) is 0 Å². The van der Waals surface area contributed by atoms with E-state index in [0.717, 1.165) is 6.71 Å². The van der Waals surface area contributed by atoms with Crippen LogP contribution >= 0.6 is 0 Å². The number of hydrogen-bond donors (Lipinski definition) is 0. The molecule has 0 amide bonds. The Balaban J connectivity index is 6.24. The average Bonchev–Trinajstić information content (AvgIpc) is 2.42. The van der Waals surface area contributed by atoms with Crippen molar-refractivity contribution in [2.75, 3.05) is 0 Å². The molecule has 0 radical (unpaired) electrons. The molecule has 0 saturated heterocycles. The van der Waals surface area contributed by atoms with Gasteiger partial charge in [-0.05, 0) is 0 Å². The van der Waals surface area contributed by atoms with E-state index in [4.69, 9.17) is 0 Å². The first kappa shape index (κ1) is 20.7. The van der Waals surface area contributed by atoms with Crippen LogP contribution < -0.4 is 0 Å². The molecule has 0 nitrogen and oxygen atoms in total. The van der Waals surface area contributed by atoms with Gasteiger partial charge in [0.05, 0.1) is 0 Å². The molecular weight excluding hydrogens is 434 g/mol. The Kier molecular flexibility index (Phi) is 9.33. The summed E-state index contributed by atoms with van der Waals surface area (Å²) in [6, 6.07) is 0. The Morgan fingerprint density at radius 2 is 1.20 bits per heavy atom. The Morgan fingerprint density at radius 1 is 0.800 bits per heavy atom. The molecule has 20 heavy (non-hydrogen) atoms. The van der Waals surface area contributed by atoms with Gasteiger partial charge in [-0.2, -0.15) is 0 Å². The van der Waals surface area contributed by atoms with E-state index in [2.05, 4.69) is 62.3 Å². The minimum absolute atomic E-state index is 0.386. The fourth-order valence-electron chi connectivity index (χ4n) is 4.35. The molecule has 0 fully saturated rings. The van der Waals surface area contributed by atoms with Crippen LogP contribution in [-0.4, -0.2) is 27.9 Å².